The van der Waals surface area contributed by atoms with Crippen molar-refractivity contribution in [2.75, 3.05) is 6.54 Å². The van der Waals surface area contributed by atoms with Crippen molar-refractivity contribution in [1.82, 2.24) is 4.90 Å². The molecule has 2 aliphatic rings. The molecule has 2 rings (SSSR count). The summed E-state index contributed by atoms with van der Waals surface area (Å²) in [6, 6.07) is 0. The maximum Gasteiger partial charge on any atom is 0.210 e. The van der Waals surface area contributed by atoms with Gasteiger partial charge in [-0.15, -0.1) is 0 Å². The van der Waals surface area contributed by atoms with Gasteiger partial charge in [-0.1, -0.05) is 6.08 Å². The van der Waals surface area contributed by atoms with Gasteiger partial charge in [0.05, 0.1) is 0 Å². The van der Waals surface area contributed by atoms with Crippen molar-refractivity contribution >= 4 is 5.84 Å². The van der Waals surface area contributed by atoms with Gasteiger partial charge in [0, 0.05) is 12.7 Å². The first-order valence-electron chi connectivity index (χ1n) is 3.87. The van der Waals surface area contributed by atoms with Crippen molar-refractivity contribution in [2.24, 2.45) is 4.99 Å². The summed E-state index contributed by atoms with van der Waals surface area (Å²) >= 11 is 0. The highest BCUT2D eigenvalue weighted by molar-refractivity contribution is 6.00. The van der Waals surface area contributed by atoms with Gasteiger partial charge in [0.15, 0.2) is 0 Å². The molecular weight excluding hydrogens is 152 g/mol. The van der Waals surface area contributed by atoms with Gasteiger partial charge in [-0.2, -0.15) is 4.99 Å². The first kappa shape index (κ1) is 7.16. The average Bonchev–Trinajstić information content (AvgIpc) is 2.07. The Morgan fingerprint density at radius 2 is 2.42 bits per heavy atom. The normalized spacial score (nSPS) is 21.1. The Labute approximate surface area is 71.0 Å². The van der Waals surface area contributed by atoms with E-state index >= 15 is 0 Å². The van der Waals surface area contributed by atoms with Gasteiger partial charge < -0.3 is 10.0 Å². The third-order valence-corrected chi connectivity index (χ3v) is 1.93. The third kappa shape index (κ3) is 1.03. The fraction of sp³-hybridized carbons (Fsp3) is 0.222. The molecule has 0 atom stereocenters. The van der Waals surface area contributed by atoms with E-state index in [2.05, 4.69) is 4.99 Å². The Balaban J connectivity index is 2.40. The number of aliphatic imine (C=N–C) groups is 1. The average molecular weight is 162 g/mol. The summed E-state index contributed by atoms with van der Waals surface area (Å²) in [4.78, 5) is 6.02. The van der Waals surface area contributed by atoms with Crippen molar-refractivity contribution in [3.63, 3.8) is 0 Å². The first-order valence-corrected chi connectivity index (χ1v) is 3.87. The molecule has 3 nitrogen and oxygen atoms in total. The first-order chi connectivity index (χ1) is 5.77. The lowest BCUT2D eigenvalue weighted by Crippen LogP contribution is -2.31. The number of amidine groups is 1. The molecule has 1 N–H and O–H groups in total. The molecule has 12 heavy (non-hydrogen) atoms. The van der Waals surface area contributed by atoms with Crippen molar-refractivity contribution in [3.8, 4) is 0 Å². The summed E-state index contributed by atoms with van der Waals surface area (Å²) in [5, 5.41) is 9.16. The van der Waals surface area contributed by atoms with Gasteiger partial charge in [0.1, 0.15) is 5.84 Å². The van der Waals surface area contributed by atoms with Crippen LogP contribution in [0.25, 0.3) is 0 Å². The summed E-state index contributed by atoms with van der Waals surface area (Å²) in [6.45, 7) is 2.68. The Morgan fingerprint density at radius 1 is 1.58 bits per heavy atom. The Morgan fingerprint density at radius 3 is 3.25 bits per heavy atom. The number of fused-ring (bicyclic) bond motifs is 1. The number of rotatable bonds is 0. The van der Waals surface area contributed by atoms with Crippen LogP contribution < -0.4 is 0 Å². The van der Waals surface area contributed by atoms with E-state index in [1.54, 1.807) is 6.08 Å². The summed E-state index contributed by atoms with van der Waals surface area (Å²) in [5.41, 5.74) is 1.08. The molecule has 0 fully saturated rings. The van der Waals surface area contributed by atoms with Crippen LogP contribution in [0.2, 0.25) is 0 Å². The predicted molar refractivity (Wildman–Crippen MR) is 47.7 cm³/mol. The maximum atomic E-state index is 9.16. The molecule has 62 valence electrons. The van der Waals surface area contributed by atoms with Gasteiger partial charge in [0.2, 0.25) is 5.88 Å². The van der Waals surface area contributed by atoms with Crippen LogP contribution in [0.4, 0.5) is 0 Å². The van der Waals surface area contributed by atoms with Crippen LogP contribution in [0.3, 0.4) is 0 Å². The Hall–Kier alpha value is -1.51. The number of nitrogens with zero attached hydrogens (tertiary/aromatic N) is 2. The number of aliphatic hydroxyl groups excluding tert-OH is 1. The number of aliphatic hydroxyl groups is 1. The minimum Gasteiger partial charge on any atom is -0.493 e. The molecule has 2 aliphatic heterocycles. The van der Waals surface area contributed by atoms with Gasteiger partial charge in [-0.05, 0) is 24.6 Å². The van der Waals surface area contributed by atoms with Crippen molar-refractivity contribution < 1.29 is 5.11 Å². The maximum absolute atomic E-state index is 9.16. The van der Waals surface area contributed by atoms with Crippen LogP contribution in [0.5, 0.6) is 0 Å². The minimum absolute atomic E-state index is 0.115. The molecule has 2 heterocycles. The summed E-state index contributed by atoms with van der Waals surface area (Å²) in [5.74, 6) is 0.960. The van der Waals surface area contributed by atoms with Crippen LogP contribution in [0, 0.1) is 0 Å². The molecule has 0 radical (unpaired) electrons. The molecule has 0 spiro atoms. The lowest BCUT2D eigenvalue weighted by molar-refractivity contribution is 0.391. The summed E-state index contributed by atoms with van der Waals surface area (Å²) < 4.78 is 0. The molecule has 0 bridgehead atoms. The largest absolute Gasteiger partial charge is 0.493 e. The second-order valence-electron chi connectivity index (χ2n) is 2.84. The third-order valence-electron chi connectivity index (χ3n) is 1.93. The Kier molecular flexibility index (Phi) is 1.50. The zero-order valence-corrected chi connectivity index (χ0v) is 6.86. The van der Waals surface area contributed by atoms with Crippen LogP contribution in [0.15, 0.2) is 40.9 Å². The van der Waals surface area contributed by atoms with E-state index < -0.39 is 0 Å². The van der Waals surface area contributed by atoms with E-state index in [0.29, 0.717) is 6.54 Å². The molecule has 0 unspecified atom stereocenters. The van der Waals surface area contributed by atoms with E-state index in [1.165, 1.54) is 0 Å². The minimum atomic E-state index is 0.115. The molecule has 0 aromatic carbocycles. The highest BCUT2D eigenvalue weighted by Crippen LogP contribution is 2.15. The SMILES string of the molecule is CC1=CC=CN2CC=C(O)N=C12. The highest BCUT2D eigenvalue weighted by Gasteiger charge is 2.16. The zero-order valence-electron chi connectivity index (χ0n) is 6.86. The quantitative estimate of drug-likeness (QED) is 0.587. The molecule has 0 saturated carbocycles. The smallest absolute Gasteiger partial charge is 0.210 e. The molecule has 0 amide bonds. The number of hydrogen-bond acceptors (Lipinski definition) is 3. The monoisotopic (exact) mass is 162 g/mol. The highest BCUT2D eigenvalue weighted by atomic mass is 16.3. The van der Waals surface area contributed by atoms with Crippen molar-refractivity contribution in [1.29, 1.82) is 0 Å². The van der Waals surface area contributed by atoms with E-state index in [4.69, 9.17) is 5.11 Å². The van der Waals surface area contributed by atoms with E-state index in [0.717, 1.165) is 11.4 Å². The fourth-order valence-corrected chi connectivity index (χ4v) is 1.30. The lowest BCUT2D eigenvalue weighted by atomic mass is 10.1. The standard InChI is InChI=1S/C9H10N2O/c1-7-3-2-5-11-6-4-8(12)10-9(7)11/h2-5,12H,6H2,1H3. The summed E-state index contributed by atoms with van der Waals surface area (Å²) in [6.07, 6.45) is 7.60. The fourth-order valence-electron chi connectivity index (χ4n) is 1.30. The van der Waals surface area contributed by atoms with Gasteiger partial charge >= 0.3 is 0 Å². The molecule has 0 saturated heterocycles. The van der Waals surface area contributed by atoms with Gasteiger partial charge in [-0.3, -0.25) is 0 Å². The van der Waals surface area contributed by atoms with E-state index in [9.17, 15) is 0 Å². The van der Waals surface area contributed by atoms with Gasteiger partial charge in [0.25, 0.3) is 0 Å². The molecule has 0 aromatic heterocycles. The lowest BCUT2D eigenvalue weighted by Gasteiger charge is -2.26. The second-order valence-corrected chi connectivity index (χ2v) is 2.84. The van der Waals surface area contributed by atoms with E-state index in [-0.39, 0.29) is 5.88 Å². The zero-order chi connectivity index (χ0) is 8.55. The number of hydrogen-bond donors (Lipinski definition) is 1. The Bertz CT molecular complexity index is 323. The van der Waals surface area contributed by atoms with Crippen molar-refractivity contribution in [2.45, 2.75) is 6.92 Å². The summed E-state index contributed by atoms with van der Waals surface area (Å²) in [7, 11) is 0. The topological polar surface area (TPSA) is 35.8 Å². The predicted octanol–water partition coefficient (Wildman–Crippen LogP) is 1.57. The van der Waals surface area contributed by atoms with Gasteiger partial charge in [-0.25, -0.2) is 0 Å². The van der Waals surface area contributed by atoms with Crippen LogP contribution >= 0.6 is 0 Å². The molecule has 0 aromatic rings. The van der Waals surface area contributed by atoms with Crippen LogP contribution in [-0.2, 0) is 0 Å². The second kappa shape index (κ2) is 2.52. The van der Waals surface area contributed by atoms with Crippen LogP contribution in [-0.4, -0.2) is 22.4 Å². The molecule has 3 heteroatoms. The molecule has 0 aliphatic carbocycles. The van der Waals surface area contributed by atoms with Crippen LogP contribution in [0.1, 0.15) is 6.92 Å². The van der Waals surface area contributed by atoms with E-state index in [1.807, 2.05) is 30.2 Å². The number of allylic oxidation sites excluding steroid dienone is 2. The molecular formula is C9H10N2O. The van der Waals surface area contributed by atoms with Crippen molar-refractivity contribution in [3.05, 3.63) is 35.9 Å².